The maximum Gasteiger partial charge on any atom is 0.310 e. The number of ether oxygens (including phenoxy) is 1. The van der Waals surface area contributed by atoms with E-state index < -0.39 is 0 Å². The van der Waals surface area contributed by atoms with Crippen molar-refractivity contribution in [1.82, 2.24) is 0 Å². The van der Waals surface area contributed by atoms with Gasteiger partial charge in [0.1, 0.15) is 0 Å². The Balaban J connectivity index is 2.83. The minimum atomic E-state index is -0.319. The number of esters is 1. The zero-order valence-corrected chi connectivity index (χ0v) is 10.0. The van der Waals surface area contributed by atoms with Crippen LogP contribution in [0, 0.1) is 0 Å². The minimum Gasteiger partial charge on any atom is -0.466 e. The molecule has 1 rings (SSSR count). The molecule has 0 bridgehead atoms. The van der Waals surface area contributed by atoms with Crippen LogP contribution in [0.3, 0.4) is 0 Å². The maximum absolute atomic E-state index is 11.2. The lowest BCUT2D eigenvalue weighted by molar-refractivity contribution is -0.142. The lowest BCUT2D eigenvalue weighted by Crippen LogP contribution is -2.08. The van der Waals surface area contributed by atoms with E-state index in [0.717, 1.165) is 0 Å². The number of halogens is 1. The van der Waals surface area contributed by atoms with Crippen molar-refractivity contribution in [2.24, 2.45) is 0 Å². The van der Waals surface area contributed by atoms with Crippen molar-refractivity contribution in [2.45, 2.75) is 20.3 Å². The number of rotatable bonds is 4. The number of carbonyl (C=O) groups excluding carboxylic acids is 2. The molecule has 0 unspecified atom stereocenters. The Bertz CT molecular complexity index is 413. The van der Waals surface area contributed by atoms with Gasteiger partial charge in [-0.25, -0.2) is 0 Å². The highest BCUT2D eigenvalue weighted by atomic mass is 35.5. The quantitative estimate of drug-likeness (QED) is 0.600. The highest BCUT2D eigenvalue weighted by Crippen LogP contribution is 2.19. The second-order valence-corrected chi connectivity index (χ2v) is 3.75. The van der Waals surface area contributed by atoms with Gasteiger partial charge in [0.2, 0.25) is 0 Å². The normalized spacial score (nSPS) is 9.94. The van der Waals surface area contributed by atoms with Crippen molar-refractivity contribution in [1.29, 1.82) is 0 Å². The summed E-state index contributed by atoms with van der Waals surface area (Å²) in [4.78, 5) is 22.3. The molecule has 0 atom stereocenters. The fraction of sp³-hybridized carbons (Fsp3) is 0.333. The van der Waals surface area contributed by atoms with Crippen LogP contribution in [-0.2, 0) is 16.0 Å². The molecular weight excluding hydrogens is 228 g/mol. The van der Waals surface area contributed by atoms with Crippen LogP contribution in [0.2, 0.25) is 5.02 Å². The molecule has 0 spiro atoms. The Morgan fingerprint density at radius 3 is 2.56 bits per heavy atom. The molecule has 0 N–H and O–H groups in total. The number of carbonyl (C=O) groups is 2. The van der Waals surface area contributed by atoms with Crippen LogP contribution >= 0.6 is 11.6 Å². The van der Waals surface area contributed by atoms with E-state index in [9.17, 15) is 9.59 Å². The van der Waals surface area contributed by atoms with Crippen molar-refractivity contribution in [2.75, 3.05) is 6.61 Å². The maximum atomic E-state index is 11.2. The third-order valence-electron chi connectivity index (χ3n) is 2.10. The third kappa shape index (κ3) is 3.35. The topological polar surface area (TPSA) is 43.4 Å². The molecule has 0 aromatic heterocycles. The number of hydrogen-bond donors (Lipinski definition) is 0. The van der Waals surface area contributed by atoms with Gasteiger partial charge in [0.25, 0.3) is 0 Å². The van der Waals surface area contributed by atoms with Gasteiger partial charge in [-0.3, -0.25) is 9.59 Å². The van der Waals surface area contributed by atoms with Gasteiger partial charge in [0.15, 0.2) is 5.78 Å². The first-order valence-corrected chi connectivity index (χ1v) is 5.37. The lowest BCUT2D eigenvalue weighted by atomic mass is 10.1. The molecular formula is C12H13ClO3. The van der Waals surface area contributed by atoms with E-state index >= 15 is 0 Å². The summed E-state index contributed by atoms with van der Waals surface area (Å²) in [6.07, 6.45) is 0.130. The summed E-state index contributed by atoms with van der Waals surface area (Å²) in [5.41, 5.74) is 1.21. The molecule has 3 nitrogen and oxygen atoms in total. The molecule has 0 heterocycles. The molecule has 0 radical (unpaired) electrons. The van der Waals surface area contributed by atoms with Crippen LogP contribution in [0.25, 0.3) is 0 Å². The van der Waals surface area contributed by atoms with E-state index in [1.807, 2.05) is 0 Å². The van der Waals surface area contributed by atoms with Crippen LogP contribution in [0.15, 0.2) is 18.2 Å². The Hall–Kier alpha value is -1.35. The lowest BCUT2D eigenvalue weighted by Gasteiger charge is -2.05. The van der Waals surface area contributed by atoms with Gasteiger partial charge in [0.05, 0.1) is 13.0 Å². The molecule has 0 amide bonds. The van der Waals surface area contributed by atoms with Crippen LogP contribution in [0.4, 0.5) is 0 Å². The van der Waals surface area contributed by atoms with Crippen LogP contribution in [0.5, 0.6) is 0 Å². The standard InChI is InChI=1S/C12H13ClO3/c1-3-16-12(15)7-10-5-4-9(8(2)14)6-11(10)13/h4-6H,3,7H2,1-2H3. The van der Waals surface area contributed by atoms with Crippen molar-refractivity contribution < 1.29 is 14.3 Å². The highest BCUT2D eigenvalue weighted by Gasteiger charge is 2.09. The van der Waals surface area contributed by atoms with Crippen molar-refractivity contribution in [3.8, 4) is 0 Å². The zero-order valence-electron chi connectivity index (χ0n) is 9.25. The van der Waals surface area contributed by atoms with Crippen LogP contribution in [0.1, 0.15) is 29.8 Å². The first kappa shape index (κ1) is 12.7. The minimum absolute atomic E-state index is 0.0513. The molecule has 0 aliphatic rings. The monoisotopic (exact) mass is 240 g/mol. The Labute approximate surface area is 99.4 Å². The van der Waals surface area contributed by atoms with Gasteiger partial charge in [-0.2, -0.15) is 0 Å². The van der Waals surface area contributed by atoms with Gasteiger partial charge in [-0.1, -0.05) is 23.7 Å². The molecule has 86 valence electrons. The summed E-state index contributed by atoms with van der Waals surface area (Å²) in [5, 5.41) is 0.417. The predicted octanol–water partition coefficient (Wildman–Crippen LogP) is 2.65. The fourth-order valence-electron chi connectivity index (χ4n) is 1.28. The first-order chi connectivity index (χ1) is 7.54. The van der Waals surface area contributed by atoms with Gasteiger partial charge >= 0.3 is 5.97 Å². The van der Waals surface area contributed by atoms with E-state index in [-0.39, 0.29) is 18.2 Å². The summed E-state index contributed by atoms with van der Waals surface area (Å²) < 4.78 is 4.81. The second-order valence-electron chi connectivity index (χ2n) is 3.34. The number of ketones is 1. The Morgan fingerprint density at radius 2 is 2.06 bits per heavy atom. The smallest absolute Gasteiger partial charge is 0.310 e. The molecule has 1 aromatic carbocycles. The molecule has 0 aliphatic carbocycles. The van der Waals surface area contributed by atoms with Crippen molar-refractivity contribution in [3.63, 3.8) is 0 Å². The predicted molar refractivity (Wildman–Crippen MR) is 61.8 cm³/mol. The largest absolute Gasteiger partial charge is 0.466 e. The first-order valence-electron chi connectivity index (χ1n) is 4.99. The van der Waals surface area contributed by atoms with E-state index in [4.69, 9.17) is 16.3 Å². The molecule has 0 saturated carbocycles. The Kier molecular flexibility index (Phi) is 4.50. The zero-order chi connectivity index (χ0) is 12.1. The summed E-state index contributed by atoms with van der Waals surface area (Å²) >= 11 is 5.96. The van der Waals surface area contributed by atoms with Gasteiger partial charge in [-0.05, 0) is 25.5 Å². The van der Waals surface area contributed by atoms with E-state index in [2.05, 4.69) is 0 Å². The van der Waals surface area contributed by atoms with E-state index in [0.29, 0.717) is 22.8 Å². The van der Waals surface area contributed by atoms with Gasteiger partial charge < -0.3 is 4.74 Å². The summed E-state index contributed by atoms with van der Waals surface area (Å²) in [7, 11) is 0. The second kappa shape index (κ2) is 5.66. The average molecular weight is 241 g/mol. The summed E-state index contributed by atoms with van der Waals surface area (Å²) in [5.74, 6) is -0.371. The van der Waals surface area contributed by atoms with Crippen molar-refractivity contribution in [3.05, 3.63) is 34.3 Å². The molecule has 0 aliphatic heterocycles. The average Bonchev–Trinajstić information content (AvgIpc) is 2.21. The van der Waals surface area contributed by atoms with Gasteiger partial charge in [-0.15, -0.1) is 0 Å². The van der Waals surface area contributed by atoms with E-state index in [1.165, 1.54) is 6.92 Å². The molecule has 4 heteroatoms. The molecule has 16 heavy (non-hydrogen) atoms. The van der Waals surface area contributed by atoms with E-state index in [1.54, 1.807) is 25.1 Å². The molecule has 1 aromatic rings. The van der Waals surface area contributed by atoms with Gasteiger partial charge in [0, 0.05) is 10.6 Å². The molecule has 0 saturated heterocycles. The summed E-state index contributed by atoms with van der Waals surface area (Å²) in [6, 6.07) is 4.90. The van der Waals surface area contributed by atoms with Crippen molar-refractivity contribution >= 4 is 23.4 Å². The fourth-order valence-corrected chi connectivity index (χ4v) is 1.52. The van der Waals surface area contributed by atoms with Crippen LogP contribution in [-0.4, -0.2) is 18.4 Å². The summed E-state index contributed by atoms with van der Waals surface area (Å²) in [6.45, 7) is 3.57. The SMILES string of the molecule is CCOC(=O)Cc1ccc(C(C)=O)cc1Cl. The van der Waals surface area contributed by atoms with Crippen LogP contribution < -0.4 is 0 Å². The third-order valence-corrected chi connectivity index (χ3v) is 2.45. The number of Topliss-reactive ketones (excluding diaryl/α,β-unsaturated/α-hetero) is 1. The Morgan fingerprint density at radius 1 is 1.38 bits per heavy atom. The number of benzene rings is 1. The number of hydrogen-bond acceptors (Lipinski definition) is 3. The molecule has 0 fully saturated rings. The highest BCUT2D eigenvalue weighted by molar-refractivity contribution is 6.31.